The van der Waals surface area contributed by atoms with Crippen molar-refractivity contribution >= 4 is 5.97 Å². The van der Waals surface area contributed by atoms with Gasteiger partial charge in [0.15, 0.2) is 0 Å². The number of ether oxygens (including phenoxy) is 2. The molecule has 86 valence electrons. The smallest absolute Gasteiger partial charge is 0.339 e. The number of rotatable bonds is 4. The van der Waals surface area contributed by atoms with E-state index in [1.807, 2.05) is 0 Å². The van der Waals surface area contributed by atoms with Gasteiger partial charge in [0, 0.05) is 25.4 Å². The molecule has 0 unspecified atom stereocenters. The average molecular weight is 222 g/mol. The molecule has 1 aromatic heterocycles. The average Bonchev–Trinajstić information content (AvgIpc) is 2.25. The lowest BCUT2D eigenvalue weighted by Gasteiger charge is -2.27. The standard InChI is InChI=1S/C11H14N2O3/c1-2-15-11(14)8-3-4-10(13-5-8)16-9-6-12-7-9/h3-5,9,12H,2,6-7H2,1H3. The van der Waals surface area contributed by atoms with Crippen LogP contribution >= 0.6 is 0 Å². The zero-order chi connectivity index (χ0) is 11.4. The summed E-state index contributed by atoms with van der Waals surface area (Å²) >= 11 is 0. The first-order valence-corrected chi connectivity index (χ1v) is 5.30. The van der Waals surface area contributed by atoms with Crippen LogP contribution in [-0.2, 0) is 4.74 Å². The second-order valence-corrected chi connectivity index (χ2v) is 3.50. The Morgan fingerprint density at radius 2 is 2.38 bits per heavy atom. The third-order valence-electron chi connectivity index (χ3n) is 2.28. The molecule has 1 aromatic rings. The van der Waals surface area contributed by atoms with E-state index in [0.29, 0.717) is 18.1 Å². The number of nitrogens with one attached hydrogen (secondary N) is 1. The molecule has 1 N–H and O–H groups in total. The molecule has 0 amide bonds. The Labute approximate surface area is 93.8 Å². The molecule has 0 atom stereocenters. The Bertz CT molecular complexity index is 360. The maximum absolute atomic E-state index is 11.3. The van der Waals surface area contributed by atoms with Gasteiger partial charge in [-0.05, 0) is 13.0 Å². The molecule has 2 rings (SSSR count). The maximum atomic E-state index is 11.3. The van der Waals surface area contributed by atoms with Gasteiger partial charge in [0.25, 0.3) is 0 Å². The Hall–Kier alpha value is -1.62. The van der Waals surface area contributed by atoms with Gasteiger partial charge < -0.3 is 14.8 Å². The van der Waals surface area contributed by atoms with Gasteiger partial charge in [-0.2, -0.15) is 0 Å². The minimum absolute atomic E-state index is 0.195. The summed E-state index contributed by atoms with van der Waals surface area (Å²) in [6.07, 6.45) is 1.67. The number of pyridine rings is 1. The predicted molar refractivity (Wildman–Crippen MR) is 57.5 cm³/mol. The van der Waals surface area contributed by atoms with Crippen molar-refractivity contribution in [2.75, 3.05) is 19.7 Å². The molecule has 2 heterocycles. The molecule has 1 aliphatic rings. The third kappa shape index (κ3) is 2.49. The van der Waals surface area contributed by atoms with E-state index in [9.17, 15) is 4.79 Å². The third-order valence-corrected chi connectivity index (χ3v) is 2.28. The Morgan fingerprint density at radius 1 is 1.56 bits per heavy atom. The van der Waals surface area contributed by atoms with E-state index >= 15 is 0 Å². The lowest BCUT2D eigenvalue weighted by atomic mass is 10.2. The van der Waals surface area contributed by atoms with Gasteiger partial charge in [0.05, 0.1) is 12.2 Å². The lowest BCUT2D eigenvalue weighted by Crippen LogP contribution is -2.50. The maximum Gasteiger partial charge on any atom is 0.339 e. The molecule has 0 spiro atoms. The summed E-state index contributed by atoms with van der Waals surface area (Å²) in [5, 5.41) is 3.10. The molecule has 0 radical (unpaired) electrons. The van der Waals surface area contributed by atoms with Crippen molar-refractivity contribution in [3.63, 3.8) is 0 Å². The number of hydrogen-bond acceptors (Lipinski definition) is 5. The number of nitrogens with zero attached hydrogens (tertiary/aromatic N) is 1. The Kier molecular flexibility index (Phi) is 3.36. The summed E-state index contributed by atoms with van der Waals surface area (Å²) in [4.78, 5) is 15.4. The van der Waals surface area contributed by atoms with Crippen molar-refractivity contribution in [1.29, 1.82) is 0 Å². The van der Waals surface area contributed by atoms with E-state index in [0.717, 1.165) is 13.1 Å². The molecule has 0 aliphatic carbocycles. The van der Waals surface area contributed by atoms with Crippen LogP contribution in [0.15, 0.2) is 18.3 Å². The van der Waals surface area contributed by atoms with Crippen LogP contribution in [0.25, 0.3) is 0 Å². The fourth-order valence-corrected chi connectivity index (χ4v) is 1.30. The largest absolute Gasteiger partial charge is 0.472 e. The van der Waals surface area contributed by atoms with E-state index in [2.05, 4.69) is 10.3 Å². The van der Waals surface area contributed by atoms with E-state index in [4.69, 9.17) is 9.47 Å². The first kappa shape index (κ1) is 10.9. The van der Waals surface area contributed by atoms with Crippen LogP contribution in [-0.4, -0.2) is 36.8 Å². The van der Waals surface area contributed by atoms with Crippen molar-refractivity contribution < 1.29 is 14.3 Å². The molecule has 1 saturated heterocycles. The van der Waals surface area contributed by atoms with Crippen LogP contribution < -0.4 is 10.1 Å². The summed E-state index contributed by atoms with van der Waals surface area (Å²) < 4.78 is 10.4. The van der Waals surface area contributed by atoms with Crippen LogP contribution in [0.5, 0.6) is 5.88 Å². The normalized spacial score (nSPS) is 15.3. The van der Waals surface area contributed by atoms with E-state index in [1.54, 1.807) is 19.1 Å². The molecule has 1 aliphatic heterocycles. The number of hydrogen-bond donors (Lipinski definition) is 1. The molecular formula is C11H14N2O3. The number of esters is 1. The highest BCUT2D eigenvalue weighted by molar-refractivity contribution is 5.89. The summed E-state index contributed by atoms with van der Waals surface area (Å²) in [5.41, 5.74) is 0.445. The molecule has 5 nitrogen and oxygen atoms in total. The summed E-state index contributed by atoms with van der Waals surface area (Å²) in [7, 11) is 0. The minimum Gasteiger partial charge on any atom is -0.472 e. The Balaban J connectivity index is 1.95. The Morgan fingerprint density at radius 3 is 2.88 bits per heavy atom. The highest BCUT2D eigenvalue weighted by atomic mass is 16.5. The second kappa shape index (κ2) is 4.94. The van der Waals surface area contributed by atoms with Crippen LogP contribution in [0.1, 0.15) is 17.3 Å². The van der Waals surface area contributed by atoms with Crippen LogP contribution in [0.2, 0.25) is 0 Å². The summed E-state index contributed by atoms with van der Waals surface area (Å²) in [5.74, 6) is 0.186. The van der Waals surface area contributed by atoms with Gasteiger partial charge in [-0.1, -0.05) is 0 Å². The van der Waals surface area contributed by atoms with E-state index in [-0.39, 0.29) is 12.1 Å². The van der Waals surface area contributed by atoms with E-state index < -0.39 is 0 Å². The van der Waals surface area contributed by atoms with Crippen LogP contribution in [0.3, 0.4) is 0 Å². The summed E-state index contributed by atoms with van der Waals surface area (Å²) in [6.45, 7) is 3.83. The molecular weight excluding hydrogens is 208 g/mol. The number of aromatic nitrogens is 1. The number of carbonyl (C=O) groups is 1. The van der Waals surface area contributed by atoms with Crippen molar-refractivity contribution in [2.24, 2.45) is 0 Å². The first-order valence-electron chi connectivity index (χ1n) is 5.30. The quantitative estimate of drug-likeness (QED) is 0.756. The topological polar surface area (TPSA) is 60.5 Å². The van der Waals surface area contributed by atoms with Crippen molar-refractivity contribution in [3.05, 3.63) is 23.9 Å². The fraction of sp³-hybridized carbons (Fsp3) is 0.455. The van der Waals surface area contributed by atoms with Gasteiger partial charge >= 0.3 is 5.97 Å². The van der Waals surface area contributed by atoms with Crippen molar-refractivity contribution in [3.8, 4) is 5.88 Å². The van der Waals surface area contributed by atoms with Gasteiger partial charge in [0.1, 0.15) is 6.10 Å². The monoisotopic (exact) mass is 222 g/mol. The highest BCUT2D eigenvalue weighted by Crippen LogP contribution is 2.11. The van der Waals surface area contributed by atoms with Gasteiger partial charge in [-0.3, -0.25) is 0 Å². The van der Waals surface area contributed by atoms with Crippen LogP contribution in [0.4, 0.5) is 0 Å². The molecule has 16 heavy (non-hydrogen) atoms. The molecule has 0 bridgehead atoms. The zero-order valence-corrected chi connectivity index (χ0v) is 9.10. The zero-order valence-electron chi connectivity index (χ0n) is 9.10. The summed E-state index contributed by atoms with van der Waals surface area (Å²) in [6, 6.07) is 3.34. The minimum atomic E-state index is -0.355. The SMILES string of the molecule is CCOC(=O)c1ccc(OC2CNC2)nc1. The van der Waals surface area contributed by atoms with Crippen LogP contribution in [0, 0.1) is 0 Å². The van der Waals surface area contributed by atoms with Gasteiger partial charge in [-0.25, -0.2) is 9.78 Å². The van der Waals surface area contributed by atoms with Crippen molar-refractivity contribution in [2.45, 2.75) is 13.0 Å². The lowest BCUT2D eigenvalue weighted by molar-refractivity contribution is 0.0525. The molecule has 5 heteroatoms. The van der Waals surface area contributed by atoms with Gasteiger partial charge in [-0.15, -0.1) is 0 Å². The first-order chi connectivity index (χ1) is 7.79. The van der Waals surface area contributed by atoms with Gasteiger partial charge in [0.2, 0.25) is 5.88 Å². The second-order valence-electron chi connectivity index (χ2n) is 3.50. The molecule has 0 saturated carbocycles. The molecule has 0 aromatic carbocycles. The molecule has 1 fully saturated rings. The highest BCUT2D eigenvalue weighted by Gasteiger charge is 2.18. The van der Waals surface area contributed by atoms with E-state index in [1.165, 1.54) is 6.20 Å². The van der Waals surface area contributed by atoms with Crippen molar-refractivity contribution in [1.82, 2.24) is 10.3 Å². The number of carbonyl (C=O) groups excluding carboxylic acids is 1. The fourth-order valence-electron chi connectivity index (χ4n) is 1.30. The predicted octanol–water partition coefficient (Wildman–Crippen LogP) is 0.609.